The van der Waals surface area contributed by atoms with Crippen molar-refractivity contribution in [2.75, 3.05) is 19.5 Å². The Morgan fingerprint density at radius 3 is 2.60 bits per heavy atom. The van der Waals surface area contributed by atoms with Crippen LogP contribution in [0.3, 0.4) is 0 Å². The number of hydrogen-bond donors (Lipinski definition) is 1. The SMILES string of the molecule is CCn1cc(CNc2cc(Br)c(OC)cc2OC)cn1. The Labute approximate surface area is 127 Å². The van der Waals surface area contributed by atoms with Crippen molar-refractivity contribution in [3.05, 3.63) is 34.6 Å². The Morgan fingerprint density at radius 2 is 2.00 bits per heavy atom. The van der Waals surface area contributed by atoms with E-state index in [0.29, 0.717) is 6.54 Å². The largest absolute Gasteiger partial charge is 0.495 e. The van der Waals surface area contributed by atoms with Gasteiger partial charge in [0.1, 0.15) is 11.5 Å². The van der Waals surface area contributed by atoms with E-state index in [9.17, 15) is 0 Å². The molecule has 0 unspecified atom stereocenters. The molecule has 0 spiro atoms. The van der Waals surface area contributed by atoms with Crippen LogP contribution in [-0.4, -0.2) is 24.0 Å². The lowest BCUT2D eigenvalue weighted by Crippen LogP contribution is -2.01. The zero-order valence-corrected chi connectivity index (χ0v) is 13.4. The van der Waals surface area contributed by atoms with Gasteiger partial charge in [-0.15, -0.1) is 0 Å². The average Bonchev–Trinajstić information content (AvgIpc) is 2.93. The minimum atomic E-state index is 0.690. The van der Waals surface area contributed by atoms with Crippen LogP contribution in [0.25, 0.3) is 0 Å². The van der Waals surface area contributed by atoms with Crippen molar-refractivity contribution < 1.29 is 9.47 Å². The normalized spacial score (nSPS) is 10.4. The molecule has 1 N–H and O–H groups in total. The molecular formula is C14H18BrN3O2. The van der Waals surface area contributed by atoms with E-state index >= 15 is 0 Å². The van der Waals surface area contributed by atoms with E-state index in [0.717, 1.165) is 33.8 Å². The zero-order chi connectivity index (χ0) is 14.5. The molecule has 0 aliphatic rings. The molecule has 2 rings (SSSR count). The van der Waals surface area contributed by atoms with Crippen molar-refractivity contribution in [1.82, 2.24) is 9.78 Å². The van der Waals surface area contributed by atoms with Crippen molar-refractivity contribution in [3.63, 3.8) is 0 Å². The van der Waals surface area contributed by atoms with Gasteiger partial charge in [0.15, 0.2) is 0 Å². The van der Waals surface area contributed by atoms with E-state index in [-0.39, 0.29) is 0 Å². The summed E-state index contributed by atoms with van der Waals surface area (Å²) < 4.78 is 13.4. The van der Waals surface area contributed by atoms with Crippen LogP contribution in [-0.2, 0) is 13.1 Å². The van der Waals surface area contributed by atoms with Gasteiger partial charge in [-0.1, -0.05) is 0 Å². The fraction of sp³-hybridized carbons (Fsp3) is 0.357. The van der Waals surface area contributed by atoms with Crippen molar-refractivity contribution in [2.45, 2.75) is 20.0 Å². The second-order valence-corrected chi connectivity index (χ2v) is 5.10. The topological polar surface area (TPSA) is 48.3 Å². The second kappa shape index (κ2) is 6.65. The molecule has 2 aromatic rings. The van der Waals surface area contributed by atoms with Gasteiger partial charge in [-0.05, 0) is 28.9 Å². The van der Waals surface area contributed by atoms with E-state index in [2.05, 4.69) is 33.3 Å². The number of halogens is 1. The van der Waals surface area contributed by atoms with Crippen molar-refractivity contribution in [3.8, 4) is 11.5 Å². The van der Waals surface area contributed by atoms with Gasteiger partial charge in [0.25, 0.3) is 0 Å². The summed E-state index contributed by atoms with van der Waals surface area (Å²) in [7, 11) is 3.27. The van der Waals surface area contributed by atoms with Gasteiger partial charge in [-0.25, -0.2) is 0 Å². The number of nitrogens with one attached hydrogen (secondary N) is 1. The van der Waals surface area contributed by atoms with Gasteiger partial charge in [0.2, 0.25) is 0 Å². The molecule has 0 aliphatic heterocycles. The molecule has 6 heteroatoms. The summed E-state index contributed by atoms with van der Waals surface area (Å²) in [5, 5.41) is 7.60. The van der Waals surface area contributed by atoms with Gasteiger partial charge in [0, 0.05) is 30.9 Å². The number of ether oxygens (including phenoxy) is 2. The fourth-order valence-corrected chi connectivity index (χ4v) is 2.37. The first-order chi connectivity index (χ1) is 9.67. The number of nitrogens with zero attached hydrogens (tertiary/aromatic N) is 2. The predicted molar refractivity (Wildman–Crippen MR) is 82.5 cm³/mol. The minimum Gasteiger partial charge on any atom is -0.495 e. The molecule has 0 saturated carbocycles. The van der Waals surface area contributed by atoms with E-state index < -0.39 is 0 Å². The molecule has 0 saturated heterocycles. The van der Waals surface area contributed by atoms with Crippen molar-refractivity contribution in [1.29, 1.82) is 0 Å². The number of benzene rings is 1. The Hall–Kier alpha value is -1.69. The number of aryl methyl sites for hydroxylation is 1. The molecule has 0 bridgehead atoms. The summed E-state index contributed by atoms with van der Waals surface area (Å²) in [5.41, 5.74) is 2.03. The van der Waals surface area contributed by atoms with Crippen LogP contribution in [0.5, 0.6) is 11.5 Å². The highest BCUT2D eigenvalue weighted by molar-refractivity contribution is 9.10. The van der Waals surface area contributed by atoms with Crippen LogP contribution < -0.4 is 14.8 Å². The lowest BCUT2D eigenvalue weighted by Gasteiger charge is -2.13. The quantitative estimate of drug-likeness (QED) is 0.877. The second-order valence-electron chi connectivity index (χ2n) is 4.24. The molecule has 0 atom stereocenters. The molecule has 108 valence electrons. The molecule has 1 aromatic carbocycles. The molecule has 0 aliphatic carbocycles. The monoisotopic (exact) mass is 339 g/mol. The van der Waals surface area contributed by atoms with Crippen LogP contribution in [0, 0.1) is 0 Å². The summed E-state index contributed by atoms with van der Waals surface area (Å²) >= 11 is 3.48. The average molecular weight is 340 g/mol. The molecule has 0 fully saturated rings. The zero-order valence-electron chi connectivity index (χ0n) is 11.8. The Morgan fingerprint density at radius 1 is 1.25 bits per heavy atom. The minimum absolute atomic E-state index is 0.690. The molecule has 0 amide bonds. The first-order valence-electron chi connectivity index (χ1n) is 6.34. The van der Waals surface area contributed by atoms with Crippen LogP contribution in [0.4, 0.5) is 5.69 Å². The number of rotatable bonds is 6. The molecular weight excluding hydrogens is 322 g/mol. The molecule has 5 nitrogen and oxygen atoms in total. The van der Waals surface area contributed by atoms with E-state index in [4.69, 9.17) is 9.47 Å². The number of hydrogen-bond acceptors (Lipinski definition) is 4. The maximum Gasteiger partial charge on any atom is 0.145 e. The number of aromatic nitrogens is 2. The van der Waals surface area contributed by atoms with E-state index in [1.54, 1.807) is 14.2 Å². The summed E-state index contributed by atoms with van der Waals surface area (Å²) in [6.07, 6.45) is 3.89. The number of anilines is 1. The van der Waals surface area contributed by atoms with Gasteiger partial charge < -0.3 is 14.8 Å². The molecule has 1 heterocycles. The smallest absolute Gasteiger partial charge is 0.145 e. The Balaban J connectivity index is 2.14. The summed E-state index contributed by atoms with van der Waals surface area (Å²) in [5.74, 6) is 1.49. The third-order valence-electron chi connectivity index (χ3n) is 2.97. The lowest BCUT2D eigenvalue weighted by molar-refractivity contribution is 0.393. The van der Waals surface area contributed by atoms with Crippen LogP contribution in [0.2, 0.25) is 0 Å². The molecule has 0 radical (unpaired) electrons. The highest BCUT2D eigenvalue weighted by atomic mass is 79.9. The maximum atomic E-state index is 5.37. The predicted octanol–water partition coefficient (Wildman–Crippen LogP) is 3.29. The maximum absolute atomic E-state index is 5.37. The van der Waals surface area contributed by atoms with Crippen molar-refractivity contribution >= 4 is 21.6 Å². The molecule has 1 aromatic heterocycles. The highest BCUT2D eigenvalue weighted by Crippen LogP contribution is 2.36. The first kappa shape index (κ1) is 14.7. The third-order valence-corrected chi connectivity index (χ3v) is 3.59. The summed E-state index contributed by atoms with van der Waals surface area (Å²) in [6, 6.07) is 3.80. The van der Waals surface area contributed by atoms with Crippen LogP contribution in [0.15, 0.2) is 29.0 Å². The fourth-order valence-electron chi connectivity index (χ4n) is 1.87. The van der Waals surface area contributed by atoms with Gasteiger partial charge in [0.05, 0.1) is 30.6 Å². The van der Waals surface area contributed by atoms with E-state index in [1.165, 1.54) is 0 Å². The lowest BCUT2D eigenvalue weighted by atomic mass is 10.2. The van der Waals surface area contributed by atoms with E-state index in [1.807, 2.05) is 29.2 Å². The standard InChI is InChI=1S/C14H18BrN3O2/c1-4-18-9-10(8-17-18)7-16-12-5-11(15)13(19-2)6-14(12)20-3/h5-6,8-9,16H,4,7H2,1-3H3. The van der Waals surface area contributed by atoms with Gasteiger partial charge >= 0.3 is 0 Å². The molecule has 20 heavy (non-hydrogen) atoms. The summed E-state index contributed by atoms with van der Waals surface area (Å²) in [4.78, 5) is 0. The van der Waals surface area contributed by atoms with Gasteiger partial charge in [-0.2, -0.15) is 5.10 Å². The van der Waals surface area contributed by atoms with Gasteiger partial charge in [-0.3, -0.25) is 4.68 Å². The number of methoxy groups -OCH3 is 2. The third kappa shape index (κ3) is 3.25. The first-order valence-corrected chi connectivity index (χ1v) is 7.14. The van der Waals surface area contributed by atoms with Crippen LogP contribution in [0.1, 0.15) is 12.5 Å². The van der Waals surface area contributed by atoms with Crippen LogP contribution >= 0.6 is 15.9 Å². The van der Waals surface area contributed by atoms with Crippen molar-refractivity contribution in [2.24, 2.45) is 0 Å². The summed E-state index contributed by atoms with van der Waals surface area (Å²) in [6.45, 7) is 3.63. The Bertz CT molecular complexity index is 584. The Kier molecular flexibility index (Phi) is 4.89. The highest BCUT2D eigenvalue weighted by Gasteiger charge is 2.09.